The molecule has 0 bridgehead atoms. The quantitative estimate of drug-likeness (QED) is 0.323. The minimum Gasteiger partial charge on any atom is -0.565 e. The summed E-state index contributed by atoms with van der Waals surface area (Å²) in [6.07, 6.45) is -2.08. The second-order valence-electron chi connectivity index (χ2n) is 0.266. The van der Waals surface area contributed by atoms with E-state index in [9.17, 15) is 0 Å². The largest absolute Gasteiger partial charge is 1.00 e. The van der Waals surface area contributed by atoms with Crippen molar-refractivity contribution in [2.45, 2.75) is 0 Å². The van der Waals surface area contributed by atoms with Gasteiger partial charge in [0.15, 0.2) is 0 Å². The Bertz CT molecular complexity index is 30.5. The summed E-state index contributed by atoms with van der Waals surface area (Å²) < 4.78 is 0. The van der Waals surface area contributed by atoms with Crippen LogP contribution in [0.1, 0.15) is 0 Å². The first kappa shape index (κ1) is 15.8. The van der Waals surface area contributed by atoms with Crippen molar-refractivity contribution in [2.24, 2.45) is 0 Å². The third-order valence-corrected chi connectivity index (χ3v) is 0. The van der Waals surface area contributed by atoms with Crippen LogP contribution >= 0.6 is 0 Å². The molecule has 0 aromatic carbocycles. The Morgan fingerprint density at radius 3 is 1.67 bits per heavy atom. The fourth-order valence-corrected chi connectivity index (χ4v) is 0. The van der Waals surface area contributed by atoms with Crippen molar-refractivity contribution in [1.82, 2.24) is 0 Å². The van der Waals surface area contributed by atoms with Gasteiger partial charge in [0, 0.05) is 0 Å². The molecule has 0 rings (SSSR count). The third-order valence-electron chi connectivity index (χ3n) is 0. The molecular weight excluding hydrogens is 115 g/mol. The van der Waals surface area contributed by atoms with Gasteiger partial charge in [-0.1, -0.05) is 0 Å². The van der Waals surface area contributed by atoms with Crippen molar-refractivity contribution in [3.8, 4) is 0 Å². The summed E-state index contributed by atoms with van der Waals surface area (Å²) in [6.45, 7) is 0. The number of carbonyl (C=O) groups is 1. The van der Waals surface area contributed by atoms with E-state index >= 15 is 0 Å². The Kier molecular flexibility index (Phi) is 24.5. The van der Waals surface area contributed by atoms with E-state index in [-0.39, 0.29) is 56.9 Å². The molecule has 0 aromatic rings. The van der Waals surface area contributed by atoms with Crippen LogP contribution in [-0.2, 0) is 0 Å². The monoisotopic (exact) mass is 118 g/mol. The maximum absolute atomic E-state index is 8.44. The molecule has 5 heteroatoms. The van der Waals surface area contributed by atoms with Gasteiger partial charge in [0.05, 0.1) is 0 Å². The van der Waals surface area contributed by atoms with Crippen LogP contribution in [0.2, 0.25) is 0 Å². The smallest absolute Gasteiger partial charge is 0.565 e. The molecule has 0 saturated heterocycles. The van der Waals surface area contributed by atoms with Crippen LogP contribution in [-0.4, -0.2) is 16.7 Å². The minimum atomic E-state index is -2.08. The SMILES string of the molecule is O.O=C([O-])O.[K+]. The molecule has 0 aliphatic rings. The molecular formula is CH3KO4. The Balaban J connectivity index is -0.0000000450. The van der Waals surface area contributed by atoms with E-state index in [1.165, 1.54) is 0 Å². The van der Waals surface area contributed by atoms with Gasteiger partial charge in [-0.15, -0.1) is 0 Å². The predicted octanol–water partition coefficient (Wildman–Crippen LogP) is -4.93. The van der Waals surface area contributed by atoms with Crippen LogP contribution in [0.4, 0.5) is 4.79 Å². The Hall–Kier alpha value is 0.866. The average Bonchev–Trinajstić information content (AvgIpc) is 0.811. The van der Waals surface area contributed by atoms with E-state index in [4.69, 9.17) is 15.0 Å². The molecule has 4 nitrogen and oxygen atoms in total. The molecule has 0 aliphatic heterocycles. The number of rotatable bonds is 0. The standard InChI is InChI=1S/CH2O3.K.H2O/c2-1(3)4;;/h(H2,2,3,4);;1H2/q;+1;/p-1. The zero-order chi connectivity index (χ0) is 3.58. The van der Waals surface area contributed by atoms with Gasteiger partial charge in [-0.05, 0) is 0 Å². The summed E-state index contributed by atoms with van der Waals surface area (Å²) in [6, 6.07) is 0. The van der Waals surface area contributed by atoms with Crippen molar-refractivity contribution in [3.63, 3.8) is 0 Å². The third kappa shape index (κ3) is 96.9. The Morgan fingerprint density at radius 1 is 1.67 bits per heavy atom. The molecule has 0 amide bonds. The maximum atomic E-state index is 8.44. The van der Waals surface area contributed by atoms with Crippen LogP contribution in [0.15, 0.2) is 0 Å². The molecule has 0 spiro atoms. The van der Waals surface area contributed by atoms with E-state index in [1.54, 1.807) is 0 Å². The van der Waals surface area contributed by atoms with E-state index in [2.05, 4.69) is 0 Å². The maximum Gasteiger partial charge on any atom is 1.00 e. The van der Waals surface area contributed by atoms with Gasteiger partial charge >= 0.3 is 51.4 Å². The predicted molar refractivity (Wildman–Crippen MR) is 11.6 cm³/mol. The molecule has 0 radical (unpaired) electrons. The van der Waals surface area contributed by atoms with Crippen LogP contribution in [0.25, 0.3) is 0 Å². The van der Waals surface area contributed by atoms with Crippen molar-refractivity contribution < 1.29 is 71.9 Å². The summed E-state index contributed by atoms with van der Waals surface area (Å²) in [7, 11) is 0. The van der Waals surface area contributed by atoms with Gasteiger partial charge in [0.1, 0.15) is 0 Å². The molecule has 32 valence electrons. The first-order chi connectivity index (χ1) is 1.73. The molecule has 0 atom stereocenters. The second-order valence-corrected chi connectivity index (χ2v) is 0.266. The molecule has 0 unspecified atom stereocenters. The second kappa shape index (κ2) is 9.29. The van der Waals surface area contributed by atoms with Crippen molar-refractivity contribution >= 4 is 6.16 Å². The molecule has 6 heavy (non-hydrogen) atoms. The Morgan fingerprint density at radius 2 is 1.67 bits per heavy atom. The Labute approximate surface area is 76.9 Å². The van der Waals surface area contributed by atoms with Gasteiger partial charge < -0.3 is 20.5 Å². The van der Waals surface area contributed by atoms with Gasteiger partial charge in [-0.3, -0.25) is 0 Å². The van der Waals surface area contributed by atoms with E-state index < -0.39 is 6.16 Å². The molecule has 0 heterocycles. The molecule has 0 aromatic heterocycles. The van der Waals surface area contributed by atoms with Gasteiger partial charge in [-0.2, -0.15) is 0 Å². The number of hydrogen-bond acceptors (Lipinski definition) is 2. The van der Waals surface area contributed by atoms with Gasteiger partial charge in [-0.25, -0.2) is 0 Å². The zero-order valence-corrected chi connectivity index (χ0v) is 6.39. The molecule has 0 saturated carbocycles. The van der Waals surface area contributed by atoms with Crippen LogP contribution in [0.3, 0.4) is 0 Å². The summed E-state index contributed by atoms with van der Waals surface area (Å²) >= 11 is 0. The minimum absolute atomic E-state index is 0. The molecule has 0 fully saturated rings. The van der Waals surface area contributed by atoms with Crippen molar-refractivity contribution in [2.75, 3.05) is 0 Å². The summed E-state index contributed by atoms with van der Waals surface area (Å²) in [4.78, 5) is 8.44. The van der Waals surface area contributed by atoms with Crippen molar-refractivity contribution in [1.29, 1.82) is 0 Å². The summed E-state index contributed by atoms with van der Waals surface area (Å²) in [5.74, 6) is 0. The number of carboxylic acid groups (broad SMARTS) is 2. The van der Waals surface area contributed by atoms with Crippen molar-refractivity contribution in [3.05, 3.63) is 0 Å². The van der Waals surface area contributed by atoms with Crippen LogP contribution < -0.4 is 56.5 Å². The van der Waals surface area contributed by atoms with E-state index in [1.807, 2.05) is 0 Å². The zero-order valence-electron chi connectivity index (χ0n) is 3.26. The van der Waals surface area contributed by atoms with E-state index in [0.717, 1.165) is 0 Å². The average molecular weight is 118 g/mol. The fourth-order valence-electron chi connectivity index (χ4n) is 0. The normalized spacial score (nSPS) is 4.00. The topological polar surface area (TPSA) is 91.9 Å². The molecule has 3 N–H and O–H groups in total. The number of hydrogen-bond donors (Lipinski definition) is 1. The van der Waals surface area contributed by atoms with Crippen LogP contribution in [0, 0.1) is 0 Å². The van der Waals surface area contributed by atoms with Gasteiger partial charge in [0.25, 0.3) is 0 Å². The van der Waals surface area contributed by atoms with Crippen LogP contribution in [0.5, 0.6) is 0 Å². The molecule has 0 aliphatic carbocycles. The van der Waals surface area contributed by atoms with Gasteiger partial charge in [0.2, 0.25) is 6.16 Å². The first-order valence-corrected chi connectivity index (χ1v) is 0.632. The fraction of sp³-hybridized carbons (Fsp3) is 0. The first-order valence-electron chi connectivity index (χ1n) is 0.632. The summed E-state index contributed by atoms with van der Waals surface area (Å²) in [5, 5.41) is 15.3. The summed E-state index contributed by atoms with van der Waals surface area (Å²) in [5.41, 5.74) is 0. The van der Waals surface area contributed by atoms with E-state index in [0.29, 0.717) is 0 Å².